The lowest BCUT2D eigenvalue weighted by atomic mass is 10.2. The van der Waals surface area contributed by atoms with Crippen molar-refractivity contribution in [2.45, 2.75) is 33.4 Å². The van der Waals surface area contributed by atoms with E-state index in [9.17, 15) is 22.4 Å². The SMILES string of the molecule is CC(C)C(=O)N(c1cc(N=c2sc(=O)n3n2CCC3)c(F)cc1Cl)S(=O)(=O)CCl. The van der Waals surface area contributed by atoms with E-state index in [4.69, 9.17) is 23.2 Å². The van der Waals surface area contributed by atoms with Crippen molar-refractivity contribution in [3.05, 3.63) is 37.4 Å². The maximum atomic E-state index is 14.5. The summed E-state index contributed by atoms with van der Waals surface area (Å²) in [5.41, 5.74) is -0.501. The first-order valence-electron chi connectivity index (χ1n) is 8.54. The monoisotopic (exact) mass is 482 g/mol. The van der Waals surface area contributed by atoms with E-state index in [2.05, 4.69) is 4.99 Å². The number of carbonyl (C=O) groups is 1. The van der Waals surface area contributed by atoms with Crippen LogP contribution in [-0.2, 0) is 27.9 Å². The Balaban J connectivity index is 2.22. The predicted molar refractivity (Wildman–Crippen MR) is 110 cm³/mol. The van der Waals surface area contributed by atoms with Crippen LogP contribution in [-0.4, -0.2) is 28.9 Å². The zero-order valence-corrected chi connectivity index (χ0v) is 18.6. The summed E-state index contributed by atoms with van der Waals surface area (Å²) in [5.74, 6) is -2.28. The molecule has 0 bridgehead atoms. The van der Waals surface area contributed by atoms with Crippen LogP contribution < -0.4 is 14.0 Å². The van der Waals surface area contributed by atoms with Gasteiger partial charge in [0, 0.05) is 19.0 Å². The van der Waals surface area contributed by atoms with E-state index in [1.807, 2.05) is 0 Å². The molecule has 1 aliphatic heterocycles. The molecule has 0 atom stereocenters. The number of carbonyl (C=O) groups excluding carboxylic acids is 1. The Morgan fingerprint density at radius 2 is 2.00 bits per heavy atom. The minimum Gasteiger partial charge on any atom is -0.273 e. The van der Waals surface area contributed by atoms with Crippen molar-refractivity contribution in [1.29, 1.82) is 0 Å². The minimum atomic E-state index is -4.24. The van der Waals surface area contributed by atoms with Gasteiger partial charge < -0.3 is 0 Å². The maximum Gasteiger partial charge on any atom is 0.325 e. The summed E-state index contributed by atoms with van der Waals surface area (Å²) in [7, 11) is -4.24. The van der Waals surface area contributed by atoms with Crippen molar-refractivity contribution in [2.75, 3.05) is 9.52 Å². The van der Waals surface area contributed by atoms with Gasteiger partial charge in [-0.05, 0) is 29.9 Å². The molecule has 158 valence electrons. The Labute approximate surface area is 179 Å². The maximum absolute atomic E-state index is 14.5. The number of sulfonamides is 1. The minimum absolute atomic E-state index is 0.225. The van der Waals surface area contributed by atoms with Crippen molar-refractivity contribution in [2.24, 2.45) is 10.9 Å². The number of halogens is 3. The van der Waals surface area contributed by atoms with Crippen LogP contribution in [0, 0.1) is 11.7 Å². The van der Waals surface area contributed by atoms with Crippen LogP contribution in [0.2, 0.25) is 5.02 Å². The van der Waals surface area contributed by atoms with Gasteiger partial charge in [0.15, 0.2) is 5.82 Å². The molecule has 0 aliphatic carbocycles. The van der Waals surface area contributed by atoms with Crippen molar-refractivity contribution in [1.82, 2.24) is 9.36 Å². The summed E-state index contributed by atoms with van der Waals surface area (Å²) >= 11 is 12.5. The third kappa shape index (κ3) is 4.14. The molecule has 29 heavy (non-hydrogen) atoms. The van der Waals surface area contributed by atoms with Gasteiger partial charge in [-0.2, -0.15) is 0 Å². The molecule has 0 unspecified atom stereocenters. The molecule has 0 spiro atoms. The van der Waals surface area contributed by atoms with Crippen molar-refractivity contribution >= 4 is 61.8 Å². The van der Waals surface area contributed by atoms with E-state index in [1.165, 1.54) is 18.5 Å². The van der Waals surface area contributed by atoms with Gasteiger partial charge in [0.05, 0.1) is 10.7 Å². The van der Waals surface area contributed by atoms with Gasteiger partial charge in [0.1, 0.15) is 10.9 Å². The summed E-state index contributed by atoms with van der Waals surface area (Å²) in [6.45, 7) is 4.13. The number of fused-ring (bicyclic) bond motifs is 1. The van der Waals surface area contributed by atoms with Gasteiger partial charge >= 0.3 is 4.87 Å². The Bertz CT molecular complexity index is 1200. The lowest BCUT2D eigenvalue weighted by molar-refractivity contribution is -0.120. The molecule has 3 rings (SSSR count). The zero-order valence-electron chi connectivity index (χ0n) is 15.4. The molecule has 1 aromatic carbocycles. The van der Waals surface area contributed by atoms with Crippen LogP contribution >= 0.6 is 34.5 Å². The number of benzene rings is 1. The molecule has 1 amide bonds. The van der Waals surface area contributed by atoms with E-state index in [0.29, 0.717) is 17.4 Å². The molecule has 0 fully saturated rings. The van der Waals surface area contributed by atoms with E-state index in [-0.39, 0.29) is 26.1 Å². The van der Waals surface area contributed by atoms with Crippen LogP contribution in [0.15, 0.2) is 21.9 Å². The quantitative estimate of drug-likeness (QED) is 0.612. The van der Waals surface area contributed by atoms with E-state index >= 15 is 0 Å². The summed E-state index contributed by atoms with van der Waals surface area (Å²) in [6.07, 6.45) is 0.754. The molecule has 2 aromatic rings. The highest BCUT2D eigenvalue weighted by atomic mass is 35.5. The molecule has 0 saturated carbocycles. The molecule has 0 N–H and O–H groups in total. The van der Waals surface area contributed by atoms with Gasteiger partial charge in [-0.3, -0.25) is 14.3 Å². The number of alkyl halides is 1. The van der Waals surface area contributed by atoms with Crippen molar-refractivity contribution < 1.29 is 17.6 Å². The smallest absolute Gasteiger partial charge is 0.273 e. The molecular formula is C16H17Cl2FN4O4S2. The average Bonchev–Trinajstić information content (AvgIpc) is 3.23. The van der Waals surface area contributed by atoms with Gasteiger partial charge in [-0.25, -0.2) is 26.8 Å². The van der Waals surface area contributed by atoms with Crippen molar-refractivity contribution in [3.8, 4) is 0 Å². The number of aromatic nitrogens is 2. The second-order valence-electron chi connectivity index (χ2n) is 6.60. The number of amides is 1. The second kappa shape index (κ2) is 8.21. The molecule has 0 saturated heterocycles. The Morgan fingerprint density at radius 3 is 2.62 bits per heavy atom. The largest absolute Gasteiger partial charge is 0.325 e. The Hall–Kier alpha value is -1.69. The number of hydrogen-bond donors (Lipinski definition) is 0. The zero-order chi connectivity index (χ0) is 21.5. The number of rotatable bonds is 5. The van der Waals surface area contributed by atoms with Crippen LogP contribution in [0.25, 0.3) is 0 Å². The first-order chi connectivity index (χ1) is 13.6. The lowest BCUT2D eigenvalue weighted by Gasteiger charge is -2.24. The van der Waals surface area contributed by atoms with Gasteiger partial charge in [0.25, 0.3) is 10.0 Å². The van der Waals surface area contributed by atoms with E-state index in [1.54, 1.807) is 4.68 Å². The number of nitrogens with zero attached hydrogens (tertiary/aromatic N) is 4. The van der Waals surface area contributed by atoms with E-state index < -0.39 is 32.9 Å². The third-order valence-corrected chi connectivity index (χ3v) is 7.41. The second-order valence-corrected chi connectivity index (χ2v) is 10.3. The fraction of sp³-hybridized carbons (Fsp3) is 0.438. The highest BCUT2D eigenvalue weighted by molar-refractivity contribution is 7.94. The summed E-state index contributed by atoms with van der Waals surface area (Å²) < 4.78 is 43.0. The molecule has 8 nitrogen and oxygen atoms in total. The lowest BCUT2D eigenvalue weighted by Crippen LogP contribution is -2.40. The molecule has 1 aliphatic rings. The van der Waals surface area contributed by atoms with Crippen LogP contribution in [0.4, 0.5) is 15.8 Å². The number of hydrogen-bond acceptors (Lipinski definition) is 6. The highest BCUT2D eigenvalue weighted by Gasteiger charge is 2.32. The summed E-state index contributed by atoms with van der Waals surface area (Å²) in [6, 6.07) is 1.95. The molecule has 1 aromatic heterocycles. The first kappa shape index (κ1) is 22.0. The molecule has 0 radical (unpaired) electrons. The Kier molecular flexibility index (Phi) is 6.23. The first-order valence-corrected chi connectivity index (χ1v) is 11.9. The molecule has 13 heteroatoms. The fourth-order valence-corrected chi connectivity index (χ4v) is 5.33. The fourth-order valence-electron chi connectivity index (χ4n) is 2.82. The van der Waals surface area contributed by atoms with Gasteiger partial charge in [-0.15, -0.1) is 11.6 Å². The molecule has 2 heterocycles. The topological polar surface area (TPSA) is 93.7 Å². The van der Waals surface area contributed by atoms with Crippen LogP contribution in [0.5, 0.6) is 0 Å². The van der Waals surface area contributed by atoms with Gasteiger partial charge in [-0.1, -0.05) is 25.4 Å². The average molecular weight is 483 g/mol. The summed E-state index contributed by atoms with van der Waals surface area (Å²) in [4.78, 5) is 28.8. The number of anilines is 1. The van der Waals surface area contributed by atoms with Crippen LogP contribution in [0.3, 0.4) is 0 Å². The van der Waals surface area contributed by atoms with Crippen molar-refractivity contribution in [3.63, 3.8) is 0 Å². The predicted octanol–water partition coefficient (Wildman–Crippen LogP) is 2.66. The highest BCUT2D eigenvalue weighted by Crippen LogP contribution is 2.35. The Morgan fingerprint density at radius 1 is 1.34 bits per heavy atom. The standard InChI is InChI=1S/C16H17Cl2FN4O4S2/c1-9(2)14(24)23(29(26,27)8-17)13-7-12(11(19)6-10(13)18)20-15-21-4-3-5-22(21)16(25)28-15/h6-7,9H,3-5,8H2,1-2H3. The normalized spacial score (nSPS) is 14.5. The van der Waals surface area contributed by atoms with E-state index in [0.717, 1.165) is 29.9 Å². The third-order valence-electron chi connectivity index (χ3n) is 4.20. The summed E-state index contributed by atoms with van der Waals surface area (Å²) in [5, 5.41) is -1.15. The van der Waals surface area contributed by atoms with Gasteiger partial charge in [0.2, 0.25) is 10.7 Å². The molecular weight excluding hydrogens is 466 g/mol. The van der Waals surface area contributed by atoms with Crippen LogP contribution in [0.1, 0.15) is 20.3 Å².